The Bertz CT molecular complexity index is 875. The number of nitrogens with one attached hydrogen (secondary N) is 1. The average Bonchev–Trinajstić information content (AvgIpc) is 2.98. The number of carbonyl (C=O) groups is 1. The summed E-state index contributed by atoms with van der Waals surface area (Å²) < 4.78 is 53.3. The van der Waals surface area contributed by atoms with Gasteiger partial charge in [0, 0.05) is 31.3 Å². The largest absolute Gasteiger partial charge is 0.332 e. The number of hydrogen-bond donors (Lipinski definition) is 1. The fourth-order valence-electron chi connectivity index (χ4n) is 2.54. The van der Waals surface area contributed by atoms with Crippen molar-refractivity contribution in [3.05, 3.63) is 53.6 Å². The van der Waals surface area contributed by atoms with Gasteiger partial charge in [0.2, 0.25) is 15.9 Å². The van der Waals surface area contributed by atoms with E-state index in [4.69, 9.17) is 0 Å². The summed E-state index contributed by atoms with van der Waals surface area (Å²) in [4.78, 5) is 20.6. The molecular weight excluding hydrogens is 354 g/mol. The van der Waals surface area contributed by atoms with Gasteiger partial charge in [-0.1, -0.05) is 6.07 Å². The van der Waals surface area contributed by atoms with E-state index in [1.807, 2.05) is 4.72 Å². The third-order valence-corrected chi connectivity index (χ3v) is 5.27. The number of benzene rings is 1. The molecule has 132 valence electrons. The van der Waals surface area contributed by atoms with Crippen molar-refractivity contribution in [3.63, 3.8) is 0 Å². The van der Waals surface area contributed by atoms with Crippen LogP contribution in [-0.2, 0) is 27.9 Å². The van der Waals surface area contributed by atoms with E-state index in [-0.39, 0.29) is 18.9 Å². The number of rotatable bonds is 5. The Labute approximate surface area is 142 Å². The van der Waals surface area contributed by atoms with E-state index in [1.54, 1.807) is 6.20 Å². The fourth-order valence-corrected chi connectivity index (χ4v) is 3.70. The molecule has 0 atom stereocenters. The van der Waals surface area contributed by atoms with Gasteiger partial charge >= 0.3 is 0 Å². The molecule has 25 heavy (non-hydrogen) atoms. The van der Waals surface area contributed by atoms with Crippen LogP contribution < -0.4 is 4.72 Å². The van der Waals surface area contributed by atoms with Crippen molar-refractivity contribution >= 4 is 15.9 Å². The van der Waals surface area contributed by atoms with Gasteiger partial charge in [0.1, 0.15) is 18.0 Å². The first kappa shape index (κ1) is 17.4. The molecule has 0 bridgehead atoms. The molecule has 0 saturated carbocycles. The summed E-state index contributed by atoms with van der Waals surface area (Å²) in [5.41, 5.74) is 1.59. The predicted octanol–water partition coefficient (Wildman–Crippen LogP) is 0.966. The second kappa shape index (κ2) is 6.81. The summed E-state index contributed by atoms with van der Waals surface area (Å²) in [5.74, 6) is -2.67. The molecule has 1 aliphatic rings. The van der Waals surface area contributed by atoms with E-state index in [2.05, 4.69) is 9.97 Å². The third-order valence-electron chi connectivity index (χ3n) is 3.75. The van der Waals surface area contributed by atoms with Crippen LogP contribution in [0.1, 0.15) is 17.7 Å². The van der Waals surface area contributed by atoms with Crippen molar-refractivity contribution in [3.8, 4) is 0 Å². The van der Waals surface area contributed by atoms with Gasteiger partial charge in [0.05, 0.1) is 12.2 Å². The molecule has 1 aromatic carbocycles. The van der Waals surface area contributed by atoms with Crippen molar-refractivity contribution < 1.29 is 22.0 Å². The first-order valence-electron chi connectivity index (χ1n) is 7.37. The Hall–Kier alpha value is -2.46. The summed E-state index contributed by atoms with van der Waals surface area (Å²) >= 11 is 0. The molecule has 0 spiro atoms. The zero-order valence-corrected chi connectivity index (χ0v) is 13.8. The summed E-state index contributed by atoms with van der Waals surface area (Å²) in [5, 5.41) is 0. The van der Waals surface area contributed by atoms with E-state index >= 15 is 0 Å². The van der Waals surface area contributed by atoms with Crippen LogP contribution in [0.2, 0.25) is 0 Å². The van der Waals surface area contributed by atoms with Gasteiger partial charge in [-0.3, -0.25) is 4.79 Å². The first-order chi connectivity index (χ1) is 11.9. The summed E-state index contributed by atoms with van der Waals surface area (Å²) in [6.45, 7) is 0.405. The van der Waals surface area contributed by atoms with Gasteiger partial charge < -0.3 is 4.90 Å². The van der Waals surface area contributed by atoms with Crippen molar-refractivity contribution in [2.75, 3.05) is 6.54 Å². The highest BCUT2D eigenvalue weighted by molar-refractivity contribution is 7.89. The smallest absolute Gasteiger partial charge is 0.246 e. The van der Waals surface area contributed by atoms with E-state index < -0.39 is 26.6 Å². The lowest BCUT2D eigenvalue weighted by Crippen LogP contribution is -2.32. The molecule has 0 unspecified atom stereocenters. The third kappa shape index (κ3) is 3.64. The second-order valence-corrected chi connectivity index (χ2v) is 7.15. The van der Waals surface area contributed by atoms with E-state index in [9.17, 15) is 22.0 Å². The Balaban J connectivity index is 1.59. The fraction of sp³-hybridized carbons (Fsp3) is 0.267. The van der Waals surface area contributed by atoms with Crippen LogP contribution in [0.15, 0.2) is 35.6 Å². The first-order valence-corrected chi connectivity index (χ1v) is 8.86. The molecule has 1 N–H and O–H groups in total. The maximum absolute atomic E-state index is 13.6. The van der Waals surface area contributed by atoms with Crippen LogP contribution >= 0.6 is 0 Å². The number of hydrogen-bond acceptors (Lipinski definition) is 5. The lowest BCUT2D eigenvalue weighted by molar-refractivity contribution is -0.131. The van der Waals surface area contributed by atoms with Gasteiger partial charge in [-0.15, -0.1) is 0 Å². The monoisotopic (exact) mass is 368 g/mol. The molecule has 2 heterocycles. The molecule has 0 aliphatic carbocycles. The molecule has 2 aromatic rings. The average molecular weight is 368 g/mol. The zero-order chi connectivity index (χ0) is 18.0. The Morgan fingerprint density at radius 1 is 1.24 bits per heavy atom. The normalized spacial score (nSPS) is 13.8. The van der Waals surface area contributed by atoms with Crippen molar-refractivity contribution in [2.24, 2.45) is 0 Å². The topological polar surface area (TPSA) is 92.3 Å². The maximum atomic E-state index is 13.6. The van der Waals surface area contributed by atoms with Crippen molar-refractivity contribution in [2.45, 2.75) is 24.4 Å². The summed E-state index contributed by atoms with van der Waals surface area (Å²) in [7, 11) is -4.39. The number of carbonyl (C=O) groups excluding carboxylic acids is 1. The SMILES string of the molecule is O=C(CCNS(=O)(=O)c1c(F)cccc1F)N1Cc2cncnc2C1. The number of amides is 1. The molecule has 1 amide bonds. The second-order valence-electron chi connectivity index (χ2n) is 5.44. The van der Waals surface area contributed by atoms with Crippen molar-refractivity contribution in [1.82, 2.24) is 19.6 Å². The minimum atomic E-state index is -4.39. The zero-order valence-electron chi connectivity index (χ0n) is 12.9. The van der Waals surface area contributed by atoms with Crippen LogP contribution in [0.5, 0.6) is 0 Å². The number of aromatic nitrogens is 2. The van der Waals surface area contributed by atoms with Crippen LogP contribution in [-0.4, -0.2) is 35.7 Å². The van der Waals surface area contributed by atoms with Crippen LogP contribution in [0.4, 0.5) is 8.78 Å². The minimum absolute atomic E-state index is 0.142. The molecule has 0 radical (unpaired) electrons. The molecule has 0 fully saturated rings. The number of halogens is 2. The highest BCUT2D eigenvalue weighted by Crippen LogP contribution is 2.20. The number of sulfonamides is 1. The molecule has 0 saturated heterocycles. The molecule has 10 heteroatoms. The Morgan fingerprint density at radius 2 is 1.96 bits per heavy atom. The van der Waals surface area contributed by atoms with Crippen LogP contribution in [0, 0.1) is 11.6 Å². The molecule has 7 nitrogen and oxygen atoms in total. The number of fused-ring (bicyclic) bond motifs is 1. The Kier molecular flexibility index (Phi) is 4.73. The standard InChI is InChI=1S/C15H14F2N4O3S/c16-11-2-1-3-12(17)15(11)25(23,24)20-5-4-14(22)21-7-10-6-18-9-19-13(10)8-21/h1-3,6,9,20H,4-5,7-8H2. The molecular formula is C15H14F2N4O3S. The maximum Gasteiger partial charge on any atom is 0.246 e. The Morgan fingerprint density at radius 3 is 2.64 bits per heavy atom. The summed E-state index contributed by atoms with van der Waals surface area (Å²) in [6.07, 6.45) is 2.87. The molecule has 3 rings (SSSR count). The van der Waals surface area contributed by atoms with Crippen LogP contribution in [0.25, 0.3) is 0 Å². The number of nitrogens with zero attached hydrogens (tertiary/aromatic N) is 3. The van der Waals surface area contributed by atoms with Gasteiger partial charge in [-0.25, -0.2) is 31.9 Å². The lowest BCUT2D eigenvalue weighted by Gasteiger charge is -2.15. The van der Waals surface area contributed by atoms with Gasteiger partial charge in [0.25, 0.3) is 0 Å². The minimum Gasteiger partial charge on any atom is -0.332 e. The van der Waals surface area contributed by atoms with Gasteiger partial charge in [-0.05, 0) is 12.1 Å². The van der Waals surface area contributed by atoms with E-state index in [0.717, 1.165) is 29.5 Å². The highest BCUT2D eigenvalue weighted by Gasteiger charge is 2.26. The lowest BCUT2D eigenvalue weighted by atomic mass is 10.3. The van der Waals surface area contributed by atoms with Gasteiger partial charge in [-0.2, -0.15) is 0 Å². The summed E-state index contributed by atoms with van der Waals surface area (Å²) in [6, 6.07) is 2.78. The quantitative estimate of drug-likeness (QED) is 0.849. The van der Waals surface area contributed by atoms with E-state index in [0.29, 0.717) is 13.1 Å². The van der Waals surface area contributed by atoms with Gasteiger partial charge in [0.15, 0.2) is 4.90 Å². The van der Waals surface area contributed by atoms with Crippen LogP contribution in [0.3, 0.4) is 0 Å². The molecule has 1 aromatic heterocycles. The molecule has 1 aliphatic heterocycles. The van der Waals surface area contributed by atoms with E-state index in [1.165, 1.54) is 11.2 Å². The van der Waals surface area contributed by atoms with Crippen molar-refractivity contribution in [1.29, 1.82) is 0 Å². The highest BCUT2D eigenvalue weighted by atomic mass is 32.2. The predicted molar refractivity (Wildman–Crippen MR) is 82.4 cm³/mol.